The molecule has 8 rings (SSSR count). The van der Waals surface area contributed by atoms with Gasteiger partial charge in [0.1, 0.15) is 23.2 Å². The molecule has 2 saturated heterocycles. The van der Waals surface area contributed by atoms with E-state index in [1.165, 1.54) is 0 Å². The number of rotatable bonds is 12. The number of piperidine rings is 1. The third kappa shape index (κ3) is 8.04. The van der Waals surface area contributed by atoms with Gasteiger partial charge in [-0.05, 0) is 73.8 Å². The van der Waals surface area contributed by atoms with Gasteiger partial charge in [-0.1, -0.05) is 18.9 Å². The maximum Gasteiger partial charge on any atom is 0.270 e. The maximum absolute atomic E-state index is 13.1. The Balaban J connectivity index is 0.791. The van der Waals surface area contributed by atoms with Gasteiger partial charge in [-0.15, -0.1) is 11.8 Å². The zero-order valence-electron chi connectivity index (χ0n) is 32.4. The molecule has 3 fully saturated rings. The standard InChI is InChI=1S/C41H48N10O5S/c1-47(2)40(56)32-22-26-23-43-41(46-37(26)51(32)27-8-3-4-9-27)44-34-15-13-28(24-42-34)48-17-19-49(20-18-48)36(53)12-5-6-21-57-33-11-7-10-29-30(33)25-50(39(29)55)31-14-16-35(52)45-38(31)54/h7,10-11,13,15,22-24,27,31H,3-6,8-9,12,14,16-21,25H2,1-2H3,(H,45,52,54)(H,42,43,44,46). The highest BCUT2D eigenvalue weighted by Gasteiger charge is 2.40. The fourth-order valence-corrected chi connectivity index (χ4v) is 9.47. The maximum atomic E-state index is 13.1. The summed E-state index contributed by atoms with van der Waals surface area (Å²) < 4.78 is 2.10. The third-order valence-corrected chi connectivity index (χ3v) is 12.6. The van der Waals surface area contributed by atoms with Gasteiger partial charge in [0.25, 0.3) is 11.8 Å². The number of piperazine rings is 1. The zero-order valence-corrected chi connectivity index (χ0v) is 33.2. The summed E-state index contributed by atoms with van der Waals surface area (Å²) in [4.78, 5) is 85.8. The molecule has 5 amide bonds. The molecule has 0 bridgehead atoms. The monoisotopic (exact) mass is 792 g/mol. The Bertz CT molecular complexity index is 2190. The van der Waals surface area contributed by atoms with Crippen molar-refractivity contribution in [2.45, 2.75) is 81.3 Å². The fourth-order valence-electron chi connectivity index (χ4n) is 8.38. The minimum absolute atomic E-state index is 0.0424. The normalized spacial score (nSPS) is 18.7. The zero-order chi connectivity index (χ0) is 39.6. The van der Waals surface area contributed by atoms with Gasteiger partial charge >= 0.3 is 0 Å². The average Bonchev–Trinajstić information content (AvgIpc) is 3.96. The number of carbonyl (C=O) groups excluding carboxylic acids is 5. The van der Waals surface area contributed by atoms with Gasteiger partial charge < -0.3 is 29.5 Å². The van der Waals surface area contributed by atoms with Gasteiger partial charge in [0.2, 0.25) is 23.7 Å². The molecule has 0 radical (unpaired) electrons. The minimum atomic E-state index is -0.631. The van der Waals surface area contributed by atoms with E-state index in [1.807, 2.05) is 41.4 Å². The van der Waals surface area contributed by atoms with E-state index in [4.69, 9.17) is 4.98 Å². The first-order valence-electron chi connectivity index (χ1n) is 19.9. The van der Waals surface area contributed by atoms with E-state index in [0.717, 1.165) is 84.5 Å². The molecule has 6 heterocycles. The predicted octanol–water partition coefficient (Wildman–Crippen LogP) is 4.76. The van der Waals surface area contributed by atoms with E-state index in [-0.39, 0.29) is 36.1 Å². The lowest BCUT2D eigenvalue weighted by molar-refractivity contribution is -0.137. The summed E-state index contributed by atoms with van der Waals surface area (Å²) in [5, 5.41) is 6.44. The van der Waals surface area contributed by atoms with Crippen molar-refractivity contribution in [3.63, 3.8) is 0 Å². The minimum Gasteiger partial charge on any atom is -0.367 e. The van der Waals surface area contributed by atoms with Crippen molar-refractivity contribution in [3.8, 4) is 0 Å². The predicted molar refractivity (Wildman–Crippen MR) is 216 cm³/mol. The van der Waals surface area contributed by atoms with Crippen LogP contribution in [0.2, 0.25) is 0 Å². The van der Waals surface area contributed by atoms with Gasteiger partial charge in [0, 0.05) is 87.7 Å². The van der Waals surface area contributed by atoms with Crippen LogP contribution in [-0.2, 0) is 20.9 Å². The van der Waals surface area contributed by atoms with Crippen molar-refractivity contribution in [1.29, 1.82) is 0 Å². The molecule has 1 aromatic carbocycles. The van der Waals surface area contributed by atoms with Crippen molar-refractivity contribution < 1.29 is 24.0 Å². The number of imide groups is 1. The Labute approximate surface area is 335 Å². The molecule has 4 aliphatic rings. The topological polar surface area (TPSA) is 166 Å². The summed E-state index contributed by atoms with van der Waals surface area (Å²) in [6, 6.07) is 11.1. The highest BCUT2D eigenvalue weighted by atomic mass is 32.2. The van der Waals surface area contributed by atoms with Crippen LogP contribution in [0.5, 0.6) is 0 Å². The number of benzene rings is 1. The number of fused-ring (bicyclic) bond motifs is 2. The number of pyridine rings is 1. The molecule has 57 heavy (non-hydrogen) atoms. The molecule has 0 spiro atoms. The van der Waals surface area contributed by atoms with E-state index in [2.05, 4.69) is 30.1 Å². The van der Waals surface area contributed by atoms with Crippen LogP contribution in [0.4, 0.5) is 17.5 Å². The lowest BCUT2D eigenvalue weighted by atomic mass is 10.0. The van der Waals surface area contributed by atoms with Crippen LogP contribution in [0.25, 0.3) is 11.0 Å². The quantitative estimate of drug-likeness (QED) is 0.115. The molecule has 4 aromatic rings. The van der Waals surface area contributed by atoms with Crippen LogP contribution in [0, 0.1) is 0 Å². The van der Waals surface area contributed by atoms with Crippen molar-refractivity contribution in [3.05, 3.63) is 65.6 Å². The Kier molecular flexibility index (Phi) is 11.1. The van der Waals surface area contributed by atoms with Crippen LogP contribution < -0.4 is 15.5 Å². The Morgan fingerprint density at radius 2 is 1.77 bits per heavy atom. The lowest BCUT2D eigenvalue weighted by Gasteiger charge is -2.36. The van der Waals surface area contributed by atoms with Crippen molar-refractivity contribution in [2.75, 3.05) is 56.2 Å². The van der Waals surface area contributed by atoms with Gasteiger partial charge in [-0.3, -0.25) is 29.3 Å². The molecule has 1 atom stereocenters. The molecular weight excluding hydrogens is 745 g/mol. The molecule has 3 aromatic heterocycles. The molecule has 2 N–H and O–H groups in total. The molecule has 298 valence electrons. The van der Waals surface area contributed by atoms with E-state index >= 15 is 0 Å². The van der Waals surface area contributed by atoms with E-state index in [0.29, 0.717) is 55.5 Å². The molecule has 1 unspecified atom stereocenters. The van der Waals surface area contributed by atoms with Crippen molar-refractivity contribution >= 4 is 69.8 Å². The van der Waals surface area contributed by atoms with E-state index in [1.54, 1.807) is 47.9 Å². The van der Waals surface area contributed by atoms with E-state index in [9.17, 15) is 24.0 Å². The summed E-state index contributed by atoms with van der Waals surface area (Å²) in [6.45, 7) is 3.09. The smallest absolute Gasteiger partial charge is 0.270 e. The second kappa shape index (κ2) is 16.5. The number of amides is 5. The summed E-state index contributed by atoms with van der Waals surface area (Å²) in [5.41, 5.74) is 3.92. The van der Waals surface area contributed by atoms with Gasteiger partial charge in [-0.25, -0.2) is 9.97 Å². The summed E-state index contributed by atoms with van der Waals surface area (Å²) in [6.07, 6.45) is 10.6. The van der Waals surface area contributed by atoms with E-state index < -0.39 is 11.9 Å². The van der Waals surface area contributed by atoms with Gasteiger partial charge in [0.05, 0.1) is 11.9 Å². The first-order chi connectivity index (χ1) is 27.6. The SMILES string of the molecule is CN(C)C(=O)c1cc2cnc(Nc3ccc(N4CCN(C(=O)CCCCSc5cccc6c5CN(C5CCC(=O)NC5=O)C6=O)CC4)cn3)nc2n1C1CCCC1. The van der Waals surface area contributed by atoms with Crippen molar-refractivity contribution in [1.82, 2.24) is 39.5 Å². The number of thioether (sulfide) groups is 1. The van der Waals surface area contributed by atoms with Crippen molar-refractivity contribution in [2.24, 2.45) is 0 Å². The van der Waals surface area contributed by atoms with Gasteiger partial charge in [0.15, 0.2) is 0 Å². The number of unbranched alkanes of at least 4 members (excludes halogenated alkanes) is 1. The number of hydrogen-bond acceptors (Lipinski definition) is 11. The number of anilines is 3. The average molecular weight is 793 g/mol. The fraction of sp³-hybridized carbons (Fsp3) is 0.463. The molecule has 1 aliphatic carbocycles. The summed E-state index contributed by atoms with van der Waals surface area (Å²) in [7, 11) is 3.53. The molecule has 1 saturated carbocycles. The number of nitrogens with one attached hydrogen (secondary N) is 2. The third-order valence-electron chi connectivity index (χ3n) is 11.5. The highest BCUT2D eigenvalue weighted by molar-refractivity contribution is 7.99. The largest absolute Gasteiger partial charge is 0.367 e. The number of carbonyl (C=O) groups is 5. The Hall–Kier alpha value is -5.51. The lowest BCUT2D eigenvalue weighted by Crippen LogP contribution is -2.52. The molecule has 3 aliphatic heterocycles. The van der Waals surface area contributed by atoms with Crippen LogP contribution in [0.1, 0.15) is 90.2 Å². The van der Waals surface area contributed by atoms with Crippen LogP contribution in [0.15, 0.2) is 53.7 Å². The second-order valence-electron chi connectivity index (χ2n) is 15.4. The Morgan fingerprint density at radius 3 is 2.51 bits per heavy atom. The Morgan fingerprint density at radius 1 is 0.965 bits per heavy atom. The second-order valence-corrected chi connectivity index (χ2v) is 16.5. The molecular formula is C41H48N10O5S. The number of aromatic nitrogens is 4. The molecule has 15 nitrogen and oxygen atoms in total. The first kappa shape index (κ1) is 38.4. The number of nitrogens with zero attached hydrogens (tertiary/aromatic N) is 8. The first-order valence-corrected chi connectivity index (χ1v) is 20.9. The van der Waals surface area contributed by atoms with Gasteiger partial charge in [-0.2, -0.15) is 4.98 Å². The highest BCUT2D eigenvalue weighted by Crippen LogP contribution is 2.36. The van der Waals surface area contributed by atoms with Crippen LogP contribution in [-0.4, -0.2) is 116 Å². The number of hydrogen-bond donors (Lipinski definition) is 2. The summed E-state index contributed by atoms with van der Waals surface area (Å²) >= 11 is 1.68. The van der Waals surface area contributed by atoms with Crippen LogP contribution >= 0.6 is 11.8 Å². The molecule has 16 heteroatoms. The van der Waals surface area contributed by atoms with Crippen LogP contribution in [0.3, 0.4) is 0 Å². The summed E-state index contributed by atoms with van der Waals surface area (Å²) in [5.74, 6) is 1.11.